The second kappa shape index (κ2) is 5.12. The lowest BCUT2D eigenvalue weighted by Gasteiger charge is -2.21. The van der Waals surface area contributed by atoms with Gasteiger partial charge in [0.05, 0.1) is 11.7 Å². The fraction of sp³-hybridized carbons (Fsp3) is 0.625. The van der Waals surface area contributed by atoms with Crippen LogP contribution in [0.1, 0.15) is 36.6 Å². The maximum atomic E-state index is 4.89. The number of rotatable bonds is 2. The SMILES string of the molecule is CN(C)c1c2c(nc3cc(C4CCCCN4)nn13)N(C)CC2. The van der Waals surface area contributed by atoms with E-state index in [1.165, 1.54) is 30.6 Å². The van der Waals surface area contributed by atoms with Gasteiger partial charge in [-0.05, 0) is 25.8 Å². The fourth-order valence-electron chi connectivity index (χ4n) is 3.69. The summed E-state index contributed by atoms with van der Waals surface area (Å²) in [5.74, 6) is 2.28. The molecule has 4 heterocycles. The van der Waals surface area contributed by atoms with Crippen molar-refractivity contribution in [2.75, 3.05) is 44.0 Å². The molecule has 1 saturated heterocycles. The first kappa shape index (κ1) is 13.8. The zero-order valence-corrected chi connectivity index (χ0v) is 13.6. The molecule has 0 bridgehead atoms. The van der Waals surface area contributed by atoms with Crippen LogP contribution in [-0.2, 0) is 6.42 Å². The smallest absolute Gasteiger partial charge is 0.160 e. The summed E-state index contributed by atoms with van der Waals surface area (Å²) < 4.78 is 2.03. The quantitative estimate of drug-likeness (QED) is 0.913. The molecule has 4 rings (SSSR count). The van der Waals surface area contributed by atoms with Crippen molar-refractivity contribution in [3.8, 4) is 0 Å². The standard InChI is InChI=1S/C16H24N6/c1-20(2)16-11-7-9-21(3)15(11)18-14-10-13(19-22(14)16)12-6-4-5-8-17-12/h10,12,17H,4-9H2,1-3H3. The van der Waals surface area contributed by atoms with Gasteiger partial charge in [-0.25, -0.2) is 4.98 Å². The summed E-state index contributed by atoms with van der Waals surface area (Å²) in [5, 5.41) is 8.47. The largest absolute Gasteiger partial charge is 0.362 e. The molecule has 1 unspecified atom stereocenters. The molecule has 2 aliphatic heterocycles. The van der Waals surface area contributed by atoms with Crippen LogP contribution in [0.3, 0.4) is 0 Å². The monoisotopic (exact) mass is 300 g/mol. The number of hydrogen-bond donors (Lipinski definition) is 1. The zero-order valence-electron chi connectivity index (χ0n) is 13.6. The van der Waals surface area contributed by atoms with E-state index in [1.54, 1.807) is 0 Å². The van der Waals surface area contributed by atoms with Crippen molar-refractivity contribution < 1.29 is 0 Å². The summed E-state index contributed by atoms with van der Waals surface area (Å²) in [6.45, 7) is 2.12. The van der Waals surface area contributed by atoms with E-state index in [1.807, 2.05) is 4.52 Å². The van der Waals surface area contributed by atoms with Gasteiger partial charge in [-0.1, -0.05) is 6.42 Å². The summed E-state index contributed by atoms with van der Waals surface area (Å²) in [7, 11) is 6.30. The number of nitrogens with zero attached hydrogens (tertiary/aromatic N) is 5. The lowest BCUT2D eigenvalue weighted by molar-refractivity contribution is 0.404. The molecule has 2 aromatic heterocycles. The first-order valence-corrected chi connectivity index (χ1v) is 8.19. The lowest BCUT2D eigenvalue weighted by Crippen LogP contribution is -2.27. The number of likely N-dealkylation sites (N-methyl/N-ethyl adjacent to an activating group) is 1. The molecule has 118 valence electrons. The molecule has 0 saturated carbocycles. The van der Waals surface area contributed by atoms with E-state index in [0.717, 1.165) is 36.7 Å². The number of hydrogen-bond acceptors (Lipinski definition) is 5. The number of piperidine rings is 1. The minimum Gasteiger partial charge on any atom is -0.362 e. The van der Waals surface area contributed by atoms with Crippen LogP contribution >= 0.6 is 0 Å². The van der Waals surface area contributed by atoms with Crippen LogP contribution in [-0.4, -0.2) is 48.8 Å². The number of anilines is 2. The van der Waals surface area contributed by atoms with Crippen LogP contribution in [0.25, 0.3) is 5.65 Å². The van der Waals surface area contributed by atoms with Crippen LogP contribution in [0.15, 0.2) is 6.07 Å². The summed E-state index contributed by atoms with van der Waals surface area (Å²) in [6, 6.07) is 2.53. The number of fused-ring (bicyclic) bond motifs is 2. The third kappa shape index (κ3) is 2.05. The van der Waals surface area contributed by atoms with Gasteiger partial charge in [0.15, 0.2) is 5.65 Å². The summed E-state index contributed by atoms with van der Waals surface area (Å²) in [4.78, 5) is 9.28. The van der Waals surface area contributed by atoms with Crippen LogP contribution in [0, 0.1) is 0 Å². The molecular formula is C16H24N6. The Morgan fingerprint density at radius 1 is 1.32 bits per heavy atom. The highest BCUT2D eigenvalue weighted by Crippen LogP contribution is 2.34. The second-order valence-corrected chi connectivity index (χ2v) is 6.65. The minimum atomic E-state index is 0.373. The Morgan fingerprint density at radius 2 is 2.18 bits per heavy atom. The van der Waals surface area contributed by atoms with Crippen molar-refractivity contribution >= 4 is 17.3 Å². The molecule has 6 heteroatoms. The molecule has 22 heavy (non-hydrogen) atoms. The molecule has 1 fully saturated rings. The van der Waals surface area contributed by atoms with Crippen molar-refractivity contribution in [1.82, 2.24) is 19.9 Å². The Kier molecular flexibility index (Phi) is 3.22. The van der Waals surface area contributed by atoms with Gasteiger partial charge in [0, 0.05) is 39.3 Å². The third-order valence-corrected chi connectivity index (χ3v) is 4.82. The fourth-order valence-corrected chi connectivity index (χ4v) is 3.69. The van der Waals surface area contributed by atoms with E-state index in [2.05, 4.69) is 42.3 Å². The molecule has 1 N–H and O–H groups in total. The van der Waals surface area contributed by atoms with Crippen molar-refractivity contribution in [2.45, 2.75) is 31.7 Å². The van der Waals surface area contributed by atoms with Gasteiger partial charge in [-0.2, -0.15) is 9.61 Å². The molecule has 6 nitrogen and oxygen atoms in total. The van der Waals surface area contributed by atoms with Crippen LogP contribution in [0.4, 0.5) is 11.6 Å². The van der Waals surface area contributed by atoms with Crippen molar-refractivity contribution in [2.24, 2.45) is 0 Å². The average molecular weight is 300 g/mol. The minimum absolute atomic E-state index is 0.373. The maximum Gasteiger partial charge on any atom is 0.160 e. The predicted octanol–water partition coefficient (Wildman–Crippen LogP) is 1.60. The highest BCUT2D eigenvalue weighted by Gasteiger charge is 2.27. The highest BCUT2D eigenvalue weighted by atomic mass is 15.4. The molecule has 0 spiro atoms. The molecule has 0 radical (unpaired) electrons. The molecule has 0 aliphatic carbocycles. The first-order chi connectivity index (χ1) is 10.6. The molecule has 1 atom stereocenters. The van der Waals surface area contributed by atoms with Gasteiger partial charge in [-0.3, -0.25) is 0 Å². The first-order valence-electron chi connectivity index (χ1n) is 8.19. The Morgan fingerprint density at radius 3 is 2.91 bits per heavy atom. The number of aromatic nitrogens is 3. The maximum absolute atomic E-state index is 4.89. The van der Waals surface area contributed by atoms with Gasteiger partial charge >= 0.3 is 0 Å². The van der Waals surface area contributed by atoms with Crippen molar-refractivity contribution in [3.63, 3.8) is 0 Å². The zero-order chi connectivity index (χ0) is 15.3. The average Bonchev–Trinajstić information content (AvgIpc) is 3.10. The Hall–Kier alpha value is -1.82. The van der Waals surface area contributed by atoms with E-state index < -0.39 is 0 Å². The summed E-state index contributed by atoms with van der Waals surface area (Å²) in [6.07, 6.45) is 4.75. The van der Waals surface area contributed by atoms with Crippen molar-refractivity contribution in [1.29, 1.82) is 0 Å². The Bertz CT molecular complexity index is 698. The van der Waals surface area contributed by atoms with Crippen LogP contribution in [0.2, 0.25) is 0 Å². The van der Waals surface area contributed by atoms with E-state index >= 15 is 0 Å². The van der Waals surface area contributed by atoms with E-state index in [9.17, 15) is 0 Å². The molecule has 2 aliphatic rings. The predicted molar refractivity (Wildman–Crippen MR) is 88.9 cm³/mol. The Labute approximate surface area is 131 Å². The number of nitrogens with one attached hydrogen (secondary N) is 1. The topological polar surface area (TPSA) is 48.7 Å². The molecule has 2 aromatic rings. The lowest BCUT2D eigenvalue weighted by atomic mass is 10.0. The van der Waals surface area contributed by atoms with Crippen molar-refractivity contribution in [3.05, 3.63) is 17.3 Å². The van der Waals surface area contributed by atoms with Gasteiger partial charge in [0.1, 0.15) is 11.6 Å². The van der Waals surface area contributed by atoms with Crippen LogP contribution in [0.5, 0.6) is 0 Å². The second-order valence-electron chi connectivity index (χ2n) is 6.65. The van der Waals surface area contributed by atoms with Gasteiger partial charge in [-0.15, -0.1) is 0 Å². The van der Waals surface area contributed by atoms with Crippen LogP contribution < -0.4 is 15.1 Å². The Balaban J connectivity index is 1.86. The molecule has 0 aromatic carbocycles. The van der Waals surface area contributed by atoms with Gasteiger partial charge in [0.25, 0.3) is 0 Å². The summed E-state index contributed by atoms with van der Waals surface area (Å²) in [5.41, 5.74) is 3.39. The van der Waals surface area contributed by atoms with E-state index in [4.69, 9.17) is 10.1 Å². The van der Waals surface area contributed by atoms with Gasteiger partial charge in [0.2, 0.25) is 0 Å². The summed E-state index contributed by atoms with van der Waals surface area (Å²) >= 11 is 0. The third-order valence-electron chi connectivity index (χ3n) is 4.82. The van der Waals surface area contributed by atoms with Gasteiger partial charge < -0.3 is 15.1 Å². The van der Waals surface area contributed by atoms with E-state index in [-0.39, 0.29) is 0 Å². The molecule has 0 amide bonds. The highest BCUT2D eigenvalue weighted by molar-refractivity contribution is 5.68. The normalized spacial score (nSPS) is 21.4. The molecular weight excluding hydrogens is 276 g/mol. The van der Waals surface area contributed by atoms with E-state index in [0.29, 0.717) is 6.04 Å².